The molecule has 0 aliphatic carbocycles. The molecule has 0 aliphatic heterocycles. The second-order valence-corrected chi connectivity index (χ2v) is 4.06. The van der Waals surface area contributed by atoms with Crippen LogP contribution in [0.15, 0.2) is 24.3 Å². The second kappa shape index (κ2) is 7.25. The maximum Gasteiger partial charge on any atom is 0.0558 e. The first kappa shape index (κ1) is 13.0. The van der Waals surface area contributed by atoms with Crippen LogP contribution in [-0.2, 0) is 6.42 Å². The molecule has 16 heavy (non-hydrogen) atoms. The van der Waals surface area contributed by atoms with Gasteiger partial charge in [-0.15, -0.1) is 0 Å². The van der Waals surface area contributed by atoms with Gasteiger partial charge in [0.2, 0.25) is 0 Å². The average molecular weight is 222 g/mol. The van der Waals surface area contributed by atoms with Crippen molar-refractivity contribution in [2.24, 2.45) is 0 Å². The van der Waals surface area contributed by atoms with Crippen LogP contribution in [-0.4, -0.2) is 36.2 Å². The summed E-state index contributed by atoms with van der Waals surface area (Å²) in [6, 6.07) is 8.01. The highest BCUT2D eigenvalue weighted by Crippen LogP contribution is 2.07. The van der Waals surface area contributed by atoms with Gasteiger partial charge in [-0.25, -0.2) is 0 Å². The van der Waals surface area contributed by atoms with Gasteiger partial charge in [0.15, 0.2) is 0 Å². The summed E-state index contributed by atoms with van der Waals surface area (Å²) < 4.78 is 0. The summed E-state index contributed by atoms with van der Waals surface area (Å²) in [6.07, 6.45) is 2.14. The minimum absolute atomic E-state index is 0.238. The molecule has 0 unspecified atom stereocenters. The largest absolute Gasteiger partial charge is 0.399 e. The fraction of sp³-hybridized carbons (Fsp3) is 0.538. The third-order valence-electron chi connectivity index (χ3n) is 2.65. The minimum Gasteiger partial charge on any atom is -0.399 e. The molecule has 0 radical (unpaired) electrons. The third-order valence-corrected chi connectivity index (χ3v) is 2.65. The normalized spacial score (nSPS) is 10.9. The monoisotopic (exact) mass is 222 g/mol. The summed E-state index contributed by atoms with van der Waals surface area (Å²) in [5, 5.41) is 8.94. The Bertz CT molecular complexity index is 278. The molecule has 90 valence electrons. The van der Waals surface area contributed by atoms with Gasteiger partial charge in [0, 0.05) is 18.8 Å². The van der Waals surface area contributed by atoms with Crippen LogP contribution in [0.4, 0.5) is 5.69 Å². The second-order valence-electron chi connectivity index (χ2n) is 4.06. The lowest BCUT2D eigenvalue weighted by atomic mass is 10.1. The highest BCUT2D eigenvalue weighted by Gasteiger charge is 2.03. The Morgan fingerprint density at radius 1 is 1.12 bits per heavy atom. The predicted octanol–water partition coefficient (Wildman–Crippen LogP) is 1.52. The standard InChI is InChI=1S/C13H22N2O/c1-2-8-15(10-11-16)9-7-12-3-5-13(14)6-4-12/h3-6,16H,2,7-11,14H2,1H3. The van der Waals surface area contributed by atoms with E-state index in [9.17, 15) is 0 Å². The Hall–Kier alpha value is -1.06. The van der Waals surface area contributed by atoms with E-state index in [2.05, 4.69) is 24.0 Å². The van der Waals surface area contributed by atoms with E-state index in [0.717, 1.165) is 38.2 Å². The summed E-state index contributed by atoms with van der Waals surface area (Å²) in [4.78, 5) is 2.29. The summed E-state index contributed by atoms with van der Waals surface area (Å²) in [5.74, 6) is 0. The van der Waals surface area contributed by atoms with Gasteiger partial charge in [0.1, 0.15) is 0 Å². The summed E-state index contributed by atoms with van der Waals surface area (Å²) in [7, 11) is 0. The van der Waals surface area contributed by atoms with Crippen molar-refractivity contribution in [3.05, 3.63) is 29.8 Å². The van der Waals surface area contributed by atoms with E-state index in [1.807, 2.05) is 12.1 Å². The number of aliphatic hydroxyl groups is 1. The van der Waals surface area contributed by atoms with Gasteiger partial charge in [0.05, 0.1) is 6.61 Å². The van der Waals surface area contributed by atoms with Crippen molar-refractivity contribution in [2.45, 2.75) is 19.8 Å². The number of nitrogens with zero attached hydrogens (tertiary/aromatic N) is 1. The molecule has 0 aromatic heterocycles. The first-order chi connectivity index (χ1) is 7.76. The van der Waals surface area contributed by atoms with E-state index in [4.69, 9.17) is 10.8 Å². The highest BCUT2D eigenvalue weighted by atomic mass is 16.3. The van der Waals surface area contributed by atoms with E-state index < -0.39 is 0 Å². The summed E-state index contributed by atoms with van der Waals surface area (Å²) >= 11 is 0. The Labute approximate surface area is 97.9 Å². The fourth-order valence-electron chi connectivity index (χ4n) is 1.76. The zero-order valence-electron chi connectivity index (χ0n) is 10.0. The van der Waals surface area contributed by atoms with Crippen molar-refractivity contribution in [1.29, 1.82) is 0 Å². The van der Waals surface area contributed by atoms with E-state index >= 15 is 0 Å². The maximum absolute atomic E-state index is 8.94. The molecule has 0 bridgehead atoms. The van der Waals surface area contributed by atoms with Crippen molar-refractivity contribution >= 4 is 5.69 Å². The molecule has 1 rings (SSSR count). The minimum atomic E-state index is 0.238. The van der Waals surface area contributed by atoms with Crippen molar-refractivity contribution in [3.8, 4) is 0 Å². The van der Waals surface area contributed by atoms with Crippen LogP contribution in [0.25, 0.3) is 0 Å². The third kappa shape index (κ3) is 4.64. The van der Waals surface area contributed by atoms with E-state index in [0.29, 0.717) is 0 Å². The first-order valence-corrected chi connectivity index (χ1v) is 5.94. The van der Waals surface area contributed by atoms with Crippen LogP contribution in [0.1, 0.15) is 18.9 Å². The SMILES string of the molecule is CCCN(CCO)CCc1ccc(N)cc1. The van der Waals surface area contributed by atoms with Gasteiger partial charge in [-0.3, -0.25) is 0 Å². The molecule has 1 aromatic carbocycles. The number of aliphatic hydroxyl groups excluding tert-OH is 1. The Balaban J connectivity index is 2.38. The highest BCUT2D eigenvalue weighted by molar-refractivity contribution is 5.39. The first-order valence-electron chi connectivity index (χ1n) is 5.94. The van der Waals surface area contributed by atoms with Crippen LogP contribution in [0.2, 0.25) is 0 Å². The molecule has 0 saturated carbocycles. The average Bonchev–Trinajstić information content (AvgIpc) is 2.29. The van der Waals surface area contributed by atoms with Gasteiger partial charge in [-0.05, 0) is 37.1 Å². The zero-order valence-corrected chi connectivity index (χ0v) is 10.0. The molecule has 0 spiro atoms. The lowest BCUT2D eigenvalue weighted by Gasteiger charge is -2.20. The fourth-order valence-corrected chi connectivity index (χ4v) is 1.76. The zero-order chi connectivity index (χ0) is 11.8. The topological polar surface area (TPSA) is 49.5 Å². The van der Waals surface area contributed by atoms with Crippen LogP contribution in [0.5, 0.6) is 0 Å². The Kier molecular flexibility index (Phi) is 5.90. The summed E-state index contributed by atoms with van der Waals surface area (Å²) in [6.45, 7) is 5.21. The molecule has 0 atom stereocenters. The number of nitrogens with two attached hydrogens (primary N) is 1. The lowest BCUT2D eigenvalue weighted by molar-refractivity contribution is 0.197. The van der Waals surface area contributed by atoms with Crippen molar-refractivity contribution < 1.29 is 5.11 Å². The molecule has 3 N–H and O–H groups in total. The van der Waals surface area contributed by atoms with E-state index in [1.54, 1.807) is 0 Å². The molecule has 1 aromatic rings. The lowest BCUT2D eigenvalue weighted by Crippen LogP contribution is -2.29. The van der Waals surface area contributed by atoms with Crippen molar-refractivity contribution in [1.82, 2.24) is 4.90 Å². The predicted molar refractivity (Wildman–Crippen MR) is 68.4 cm³/mol. The van der Waals surface area contributed by atoms with Crippen molar-refractivity contribution in [2.75, 3.05) is 32.0 Å². The number of hydrogen-bond acceptors (Lipinski definition) is 3. The summed E-state index contributed by atoms with van der Waals surface area (Å²) in [5.41, 5.74) is 7.74. The number of nitrogen functional groups attached to an aromatic ring is 1. The quantitative estimate of drug-likeness (QED) is 0.688. The molecule has 0 saturated heterocycles. The van der Waals surface area contributed by atoms with Crippen LogP contribution < -0.4 is 5.73 Å². The molecule has 0 fully saturated rings. The van der Waals surface area contributed by atoms with Gasteiger partial charge in [-0.1, -0.05) is 19.1 Å². The number of anilines is 1. The van der Waals surface area contributed by atoms with Crippen LogP contribution in [0.3, 0.4) is 0 Å². The molecular weight excluding hydrogens is 200 g/mol. The van der Waals surface area contributed by atoms with E-state index in [1.165, 1.54) is 5.56 Å². The van der Waals surface area contributed by atoms with Gasteiger partial charge in [-0.2, -0.15) is 0 Å². The molecule has 0 aliphatic rings. The van der Waals surface area contributed by atoms with Gasteiger partial charge >= 0.3 is 0 Å². The number of benzene rings is 1. The smallest absolute Gasteiger partial charge is 0.0558 e. The van der Waals surface area contributed by atoms with Crippen LogP contribution in [0, 0.1) is 0 Å². The van der Waals surface area contributed by atoms with Gasteiger partial charge in [0.25, 0.3) is 0 Å². The van der Waals surface area contributed by atoms with Gasteiger partial charge < -0.3 is 15.7 Å². The Morgan fingerprint density at radius 3 is 2.38 bits per heavy atom. The number of rotatable bonds is 7. The van der Waals surface area contributed by atoms with E-state index in [-0.39, 0.29) is 6.61 Å². The maximum atomic E-state index is 8.94. The molecule has 3 heteroatoms. The van der Waals surface area contributed by atoms with Crippen LogP contribution >= 0.6 is 0 Å². The Morgan fingerprint density at radius 2 is 1.81 bits per heavy atom. The number of hydrogen-bond donors (Lipinski definition) is 2. The molecule has 0 amide bonds. The van der Waals surface area contributed by atoms with Crippen molar-refractivity contribution in [3.63, 3.8) is 0 Å². The molecule has 3 nitrogen and oxygen atoms in total. The molecular formula is C13H22N2O. The molecule has 0 heterocycles.